The molecular weight excluding hydrogens is 326 g/mol. The van der Waals surface area contributed by atoms with Gasteiger partial charge >= 0.3 is 11.9 Å². The predicted octanol–water partition coefficient (Wildman–Crippen LogP) is -1.49. The Kier molecular flexibility index (Phi) is 3.76. The van der Waals surface area contributed by atoms with Crippen molar-refractivity contribution in [1.29, 1.82) is 0 Å². The molecule has 0 spiro atoms. The second-order valence-corrected chi connectivity index (χ2v) is 6.92. The van der Waals surface area contributed by atoms with Crippen molar-refractivity contribution >= 4 is 29.6 Å². The van der Waals surface area contributed by atoms with Crippen molar-refractivity contribution in [3.8, 4) is 0 Å². The van der Waals surface area contributed by atoms with Crippen LogP contribution in [-0.2, 0) is 14.4 Å². The highest BCUT2D eigenvalue weighted by Gasteiger charge is 2.75. The minimum Gasteiger partial charge on any atom is -0.481 e. The average molecular weight is 341 g/mol. The van der Waals surface area contributed by atoms with Crippen LogP contribution >= 0.6 is 11.8 Å². The number of rotatable bonds is 6. The number of nitrogens with two attached hydrogens (primary N) is 1. The molecule has 23 heavy (non-hydrogen) atoms. The molecule has 10 nitrogen and oxygen atoms in total. The number of fused-ring (bicyclic) bond motifs is 1. The number of hydrogen-bond acceptors (Lipinski definition) is 7. The van der Waals surface area contributed by atoms with Gasteiger partial charge in [-0.15, -0.1) is 5.10 Å². The van der Waals surface area contributed by atoms with Crippen molar-refractivity contribution in [2.75, 3.05) is 6.54 Å². The van der Waals surface area contributed by atoms with E-state index in [0.29, 0.717) is 5.03 Å². The summed E-state index contributed by atoms with van der Waals surface area (Å²) in [4.78, 5) is 34.9. The molecule has 1 amide bonds. The molecule has 0 aromatic carbocycles. The van der Waals surface area contributed by atoms with Crippen molar-refractivity contribution in [2.45, 2.75) is 22.2 Å². The Bertz CT molecular complexity index is 652. The molecule has 6 N–H and O–H groups in total. The van der Waals surface area contributed by atoms with Gasteiger partial charge in [-0.1, -0.05) is 11.8 Å². The van der Waals surface area contributed by atoms with Gasteiger partial charge in [0.15, 0.2) is 0 Å². The Morgan fingerprint density at radius 1 is 1.48 bits per heavy atom. The number of aromatic amines is 1. The molecule has 2 aliphatic carbocycles. The third kappa shape index (κ3) is 2.45. The maximum Gasteiger partial charge on any atom is 0.329 e. The van der Waals surface area contributed by atoms with Crippen LogP contribution in [0.1, 0.15) is 6.42 Å². The Balaban J connectivity index is 1.89. The van der Waals surface area contributed by atoms with Crippen LogP contribution in [0.15, 0.2) is 11.2 Å². The topological polar surface area (TPSA) is 171 Å². The second-order valence-electron chi connectivity index (χ2n) is 5.66. The van der Waals surface area contributed by atoms with Gasteiger partial charge in [0.05, 0.1) is 18.7 Å². The van der Waals surface area contributed by atoms with Crippen LogP contribution in [-0.4, -0.2) is 60.8 Å². The third-order valence-electron chi connectivity index (χ3n) is 4.48. The Morgan fingerprint density at radius 3 is 2.74 bits per heavy atom. The minimum atomic E-state index is -1.61. The molecule has 0 aliphatic heterocycles. The zero-order chi connectivity index (χ0) is 16.8. The van der Waals surface area contributed by atoms with Gasteiger partial charge in [0.1, 0.15) is 10.6 Å². The molecule has 124 valence electrons. The van der Waals surface area contributed by atoms with E-state index in [-0.39, 0.29) is 24.1 Å². The van der Waals surface area contributed by atoms with Gasteiger partial charge in [0, 0.05) is 11.2 Å². The molecule has 0 saturated heterocycles. The minimum absolute atomic E-state index is 0.116. The molecular formula is C12H15N5O5S. The lowest BCUT2D eigenvalue weighted by Crippen LogP contribution is -2.57. The van der Waals surface area contributed by atoms with E-state index in [2.05, 4.69) is 20.7 Å². The van der Waals surface area contributed by atoms with Gasteiger partial charge in [-0.05, 0) is 12.3 Å². The molecule has 5 unspecified atom stereocenters. The van der Waals surface area contributed by atoms with E-state index in [9.17, 15) is 24.6 Å². The summed E-state index contributed by atoms with van der Waals surface area (Å²) in [6.07, 6.45) is 1.60. The molecule has 3 rings (SSSR count). The number of carbonyl (C=O) groups excluding carboxylic acids is 1. The van der Waals surface area contributed by atoms with Gasteiger partial charge in [0.2, 0.25) is 5.91 Å². The number of amides is 1. The zero-order valence-corrected chi connectivity index (χ0v) is 12.6. The van der Waals surface area contributed by atoms with Crippen LogP contribution in [0.2, 0.25) is 0 Å². The molecule has 1 aromatic rings. The maximum atomic E-state index is 11.8. The lowest BCUT2D eigenvalue weighted by atomic mass is 9.90. The highest BCUT2D eigenvalue weighted by Crippen LogP contribution is 2.65. The smallest absolute Gasteiger partial charge is 0.329 e. The quantitative estimate of drug-likeness (QED) is 0.413. The normalized spacial score (nSPS) is 34.7. The number of carboxylic acid groups (broad SMARTS) is 2. The molecule has 2 aliphatic rings. The van der Waals surface area contributed by atoms with Crippen molar-refractivity contribution in [2.24, 2.45) is 23.5 Å². The summed E-state index contributed by atoms with van der Waals surface area (Å²) in [5.41, 5.74) is 3.65. The highest BCUT2D eigenvalue weighted by atomic mass is 32.2. The average Bonchev–Trinajstić information content (AvgIpc) is 2.91. The van der Waals surface area contributed by atoms with Crippen molar-refractivity contribution in [1.82, 2.24) is 20.7 Å². The Morgan fingerprint density at radius 2 is 2.22 bits per heavy atom. The first kappa shape index (κ1) is 15.7. The predicted molar refractivity (Wildman–Crippen MR) is 76.3 cm³/mol. The monoisotopic (exact) mass is 341 g/mol. The first-order valence-electron chi connectivity index (χ1n) is 6.90. The fraction of sp³-hybridized carbons (Fsp3) is 0.583. The van der Waals surface area contributed by atoms with E-state index < -0.39 is 35.2 Å². The number of nitrogens with zero attached hydrogens (tertiary/aromatic N) is 2. The van der Waals surface area contributed by atoms with Gasteiger partial charge in [-0.25, -0.2) is 4.79 Å². The molecule has 2 saturated carbocycles. The summed E-state index contributed by atoms with van der Waals surface area (Å²) in [6, 6.07) is 0. The van der Waals surface area contributed by atoms with Crippen LogP contribution in [0.25, 0.3) is 0 Å². The third-order valence-corrected chi connectivity index (χ3v) is 5.70. The summed E-state index contributed by atoms with van der Waals surface area (Å²) in [6.45, 7) is -0.356. The van der Waals surface area contributed by atoms with E-state index in [1.165, 1.54) is 18.0 Å². The summed E-state index contributed by atoms with van der Waals surface area (Å²) >= 11 is 1.27. The van der Waals surface area contributed by atoms with Gasteiger partial charge in [0.25, 0.3) is 0 Å². The number of aliphatic carboxylic acids is 2. The Labute approximate surface area is 134 Å². The molecule has 0 radical (unpaired) electrons. The number of carboxylic acids is 2. The highest BCUT2D eigenvalue weighted by molar-refractivity contribution is 7.99. The lowest BCUT2D eigenvalue weighted by Gasteiger charge is -2.29. The number of H-pyrrole nitrogens is 1. The first-order chi connectivity index (χ1) is 10.9. The van der Waals surface area contributed by atoms with E-state index in [4.69, 9.17) is 5.73 Å². The first-order valence-corrected chi connectivity index (χ1v) is 7.78. The van der Waals surface area contributed by atoms with Crippen molar-refractivity contribution in [3.63, 3.8) is 0 Å². The summed E-state index contributed by atoms with van der Waals surface area (Å²) < 4.78 is 0. The van der Waals surface area contributed by atoms with E-state index in [0.717, 1.165) is 0 Å². The van der Waals surface area contributed by atoms with Gasteiger partial charge in [-0.3, -0.25) is 9.59 Å². The molecule has 2 fully saturated rings. The lowest BCUT2D eigenvalue weighted by molar-refractivity contribution is -0.149. The Hall–Kier alpha value is -2.14. The summed E-state index contributed by atoms with van der Waals surface area (Å²) in [5, 5.41) is 31.7. The number of carbonyl (C=O) groups is 3. The molecule has 11 heteroatoms. The van der Waals surface area contributed by atoms with E-state index in [1.807, 2.05) is 0 Å². The fourth-order valence-corrected chi connectivity index (χ4v) is 4.94. The van der Waals surface area contributed by atoms with Crippen LogP contribution in [0.5, 0.6) is 0 Å². The molecule has 1 aromatic heterocycles. The molecule has 5 atom stereocenters. The van der Waals surface area contributed by atoms with Crippen LogP contribution in [0, 0.1) is 17.8 Å². The second kappa shape index (κ2) is 5.49. The van der Waals surface area contributed by atoms with Crippen LogP contribution in [0.3, 0.4) is 0 Å². The number of thioether (sulfide) groups is 1. The fourth-order valence-electron chi connectivity index (χ4n) is 3.58. The SMILES string of the molecule is NCC(=O)NC1(C(=O)O)CC(Sc2cn[nH]n2)C2C(C(=O)O)C21. The van der Waals surface area contributed by atoms with Crippen molar-refractivity contribution < 1.29 is 24.6 Å². The summed E-state index contributed by atoms with van der Waals surface area (Å²) in [5.74, 6) is -4.71. The zero-order valence-electron chi connectivity index (χ0n) is 11.8. The van der Waals surface area contributed by atoms with Crippen LogP contribution < -0.4 is 11.1 Å². The molecule has 1 heterocycles. The maximum absolute atomic E-state index is 11.8. The summed E-state index contributed by atoms with van der Waals surface area (Å²) in [7, 11) is 0. The number of nitrogens with one attached hydrogen (secondary N) is 2. The standard InChI is InChI=1S/C12H15N5O5S/c13-2-5(18)15-12(11(21)22)1-4(23-6-3-14-17-16-6)7-8(9(7)12)10(19)20/h3-4,7-9H,1-2,13H2,(H,15,18)(H,19,20)(H,21,22)(H,14,16,17). The largest absolute Gasteiger partial charge is 0.481 e. The van der Waals surface area contributed by atoms with Crippen molar-refractivity contribution in [3.05, 3.63) is 6.20 Å². The number of hydrogen-bond donors (Lipinski definition) is 5. The van der Waals surface area contributed by atoms with E-state index in [1.54, 1.807) is 0 Å². The van der Waals surface area contributed by atoms with Crippen LogP contribution in [0.4, 0.5) is 0 Å². The van der Waals surface area contributed by atoms with E-state index >= 15 is 0 Å². The van der Waals surface area contributed by atoms with Gasteiger partial charge in [-0.2, -0.15) is 10.3 Å². The van der Waals surface area contributed by atoms with Gasteiger partial charge < -0.3 is 21.3 Å². The number of aromatic nitrogens is 3. The molecule has 0 bridgehead atoms.